The Kier molecular flexibility index (Phi) is 11.3. The molecule has 27 heavy (non-hydrogen) atoms. The summed E-state index contributed by atoms with van der Waals surface area (Å²) in [4.78, 5) is 30.0. The average Bonchev–Trinajstić information content (AvgIpc) is 2.63. The summed E-state index contributed by atoms with van der Waals surface area (Å²) in [5.74, 6) is 1.15. The maximum absolute atomic E-state index is 12.8. The third-order valence-corrected chi connectivity index (χ3v) is 5.03. The molecule has 0 bridgehead atoms. The lowest BCUT2D eigenvalue weighted by Gasteiger charge is -2.25. The van der Waals surface area contributed by atoms with Crippen LogP contribution in [0.3, 0.4) is 0 Å². The number of carbonyl (C=O) groups is 2. The molecule has 2 rings (SSSR count). The summed E-state index contributed by atoms with van der Waals surface area (Å²) in [5, 5.41) is 6.32. The molecule has 0 radical (unpaired) electrons. The van der Waals surface area contributed by atoms with Gasteiger partial charge in [0.05, 0.1) is 0 Å². The van der Waals surface area contributed by atoms with E-state index in [2.05, 4.69) is 15.6 Å². The number of nitrogens with one attached hydrogen (secondary N) is 2. The van der Waals surface area contributed by atoms with Crippen molar-refractivity contribution in [2.24, 2.45) is 4.99 Å². The van der Waals surface area contributed by atoms with Gasteiger partial charge in [0, 0.05) is 44.4 Å². The lowest BCUT2D eigenvalue weighted by atomic mass is 10.1. The summed E-state index contributed by atoms with van der Waals surface area (Å²) in [7, 11) is 1.68. The van der Waals surface area contributed by atoms with Gasteiger partial charge in [-0.3, -0.25) is 19.5 Å². The molecule has 0 unspecified atom stereocenters. The molecule has 1 aliphatic rings. The smallest absolute Gasteiger partial charge is 0.229 e. The molecule has 0 aromatic heterocycles. The molecule has 2 N–H and O–H groups in total. The predicted octanol–water partition coefficient (Wildman–Crippen LogP) is 2.63. The standard InChI is InChI=1S/C18H25FN4O2S.HI/c1-20-18(22-11-12-23-16(24)4-2-5-17(23)25)21-10-3-13-26-15-8-6-14(19)7-9-15;/h6-9H,2-5,10-13H2,1H3,(H2,20,21,22);1H. The van der Waals surface area contributed by atoms with E-state index in [9.17, 15) is 14.0 Å². The van der Waals surface area contributed by atoms with Crippen LogP contribution in [0.4, 0.5) is 4.39 Å². The number of piperidine rings is 1. The highest BCUT2D eigenvalue weighted by atomic mass is 127. The van der Waals surface area contributed by atoms with Gasteiger partial charge in [-0.05, 0) is 42.9 Å². The second kappa shape index (κ2) is 12.9. The maximum Gasteiger partial charge on any atom is 0.229 e. The van der Waals surface area contributed by atoms with Crippen molar-refractivity contribution in [1.29, 1.82) is 0 Å². The normalized spacial score (nSPS) is 14.7. The molecule has 2 amide bonds. The van der Waals surface area contributed by atoms with Crippen LogP contribution in [-0.4, -0.2) is 55.1 Å². The van der Waals surface area contributed by atoms with Crippen molar-refractivity contribution in [3.8, 4) is 0 Å². The molecule has 0 saturated carbocycles. The van der Waals surface area contributed by atoms with Crippen LogP contribution in [0.1, 0.15) is 25.7 Å². The Morgan fingerprint density at radius 2 is 1.78 bits per heavy atom. The third-order valence-electron chi connectivity index (χ3n) is 3.93. The van der Waals surface area contributed by atoms with E-state index in [4.69, 9.17) is 0 Å². The molecule has 6 nitrogen and oxygen atoms in total. The van der Waals surface area contributed by atoms with E-state index in [0.717, 1.165) is 23.6 Å². The Morgan fingerprint density at radius 3 is 2.41 bits per heavy atom. The molecular formula is C18H26FIN4O2S. The van der Waals surface area contributed by atoms with Crippen molar-refractivity contribution >= 4 is 53.5 Å². The van der Waals surface area contributed by atoms with E-state index in [1.54, 1.807) is 30.9 Å². The maximum atomic E-state index is 12.8. The first kappa shape index (κ1) is 23.7. The van der Waals surface area contributed by atoms with Gasteiger partial charge in [0.1, 0.15) is 5.82 Å². The van der Waals surface area contributed by atoms with E-state index in [-0.39, 0.29) is 41.6 Å². The van der Waals surface area contributed by atoms with Crippen molar-refractivity contribution in [2.75, 3.05) is 32.4 Å². The molecular weight excluding hydrogens is 482 g/mol. The summed E-state index contributed by atoms with van der Waals surface area (Å²) in [6, 6.07) is 6.47. The SMILES string of the molecule is CN=C(NCCCSc1ccc(F)cc1)NCCN1C(=O)CCCC1=O.I. The predicted molar refractivity (Wildman–Crippen MR) is 117 cm³/mol. The zero-order valence-corrected chi connectivity index (χ0v) is 18.5. The number of rotatable bonds is 8. The van der Waals surface area contributed by atoms with E-state index in [1.165, 1.54) is 17.0 Å². The number of likely N-dealkylation sites (tertiary alicyclic amines) is 1. The fourth-order valence-electron chi connectivity index (χ4n) is 2.56. The Labute approximate surface area is 180 Å². The van der Waals surface area contributed by atoms with Crippen LogP contribution in [0.5, 0.6) is 0 Å². The van der Waals surface area contributed by atoms with Gasteiger partial charge in [-0.15, -0.1) is 35.7 Å². The van der Waals surface area contributed by atoms with Gasteiger partial charge in [0.2, 0.25) is 11.8 Å². The number of amides is 2. The Bertz CT molecular complexity index is 627. The Hall–Kier alpha value is -1.36. The minimum absolute atomic E-state index is 0. The quantitative estimate of drug-likeness (QED) is 0.141. The van der Waals surface area contributed by atoms with Gasteiger partial charge >= 0.3 is 0 Å². The number of hydrogen-bond acceptors (Lipinski definition) is 4. The number of benzene rings is 1. The highest BCUT2D eigenvalue weighted by molar-refractivity contribution is 14.0. The zero-order chi connectivity index (χ0) is 18.8. The first-order chi connectivity index (χ1) is 12.6. The van der Waals surface area contributed by atoms with Crippen LogP contribution in [0.2, 0.25) is 0 Å². The van der Waals surface area contributed by atoms with Crippen molar-refractivity contribution in [1.82, 2.24) is 15.5 Å². The van der Waals surface area contributed by atoms with E-state index in [1.807, 2.05) is 0 Å². The van der Waals surface area contributed by atoms with E-state index in [0.29, 0.717) is 38.3 Å². The average molecular weight is 508 g/mol. The first-order valence-electron chi connectivity index (χ1n) is 8.76. The van der Waals surface area contributed by atoms with Gasteiger partial charge < -0.3 is 10.6 Å². The van der Waals surface area contributed by atoms with Crippen LogP contribution in [0, 0.1) is 5.82 Å². The topological polar surface area (TPSA) is 73.8 Å². The van der Waals surface area contributed by atoms with Crippen LogP contribution in [0.15, 0.2) is 34.2 Å². The van der Waals surface area contributed by atoms with Crippen molar-refractivity contribution in [2.45, 2.75) is 30.6 Å². The summed E-state index contributed by atoms with van der Waals surface area (Å²) in [6.07, 6.45) is 2.47. The van der Waals surface area contributed by atoms with Crippen molar-refractivity contribution in [3.05, 3.63) is 30.1 Å². The van der Waals surface area contributed by atoms with Crippen LogP contribution >= 0.6 is 35.7 Å². The zero-order valence-electron chi connectivity index (χ0n) is 15.4. The fraction of sp³-hybridized carbons (Fsp3) is 0.500. The number of aliphatic imine (C=N–C) groups is 1. The van der Waals surface area contributed by atoms with Crippen molar-refractivity contribution in [3.63, 3.8) is 0 Å². The van der Waals surface area contributed by atoms with Gasteiger partial charge in [-0.2, -0.15) is 0 Å². The summed E-state index contributed by atoms with van der Waals surface area (Å²) >= 11 is 1.68. The Balaban J connectivity index is 0.00000364. The third kappa shape index (κ3) is 8.46. The van der Waals surface area contributed by atoms with Crippen LogP contribution in [0.25, 0.3) is 0 Å². The van der Waals surface area contributed by atoms with Gasteiger partial charge in [0.15, 0.2) is 5.96 Å². The number of guanidine groups is 1. The molecule has 0 atom stereocenters. The number of thioether (sulfide) groups is 1. The molecule has 1 aromatic rings. The summed E-state index contributed by atoms with van der Waals surface area (Å²) < 4.78 is 12.8. The highest BCUT2D eigenvalue weighted by Crippen LogP contribution is 2.18. The molecule has 0 aliphatic carbocycles. The van der Waals surface area contributed by atoms with Crippen LogP contribution < -0.4 is 10.6 Å². The Morgan fingerprint density at radius 1 is 1.15 bits per heavy atom. The minimum atomic E-state index is -0.223. The van der Waals surface area contributed by atoms with Crippen LogP contribution in [-0.2, 0) is 9.59 Å². The summed E-state index contributed by atoms with van der Waals surface area (Å²) in [5.41, 5.74) is 0. The molecule has 1 fully saturated rings. The second-order valence-electron chi connectivity index (χ2n) is 5.87. The highest BCUT2D eigenvalue weighted by Gasteiger charge is 2.25. The largest absolute Gasteiger partial charge is 0.356 e. The van der Waals surface area contributed by atoms with Gasteiger partial charge in [-0.1, -0.05) is 0 Å². The van der Waals surface area contributed by atoms with E-state index >= 15 is 0 Å². The molecule has 1 aromatic carbocycles. The molecule has 1 saturated heterocycles. The molecule has 1 heterocycles. The van der Waals surface area contributed by atoms with Gasteiger partial charge in [0.25, 0.3) is 0 Å². The molecule has 1 aliphatic heterocycles. The molecule has 0 spiro atoms. The molecule has 9 heteroatoms. The van der Waals surface area contributed by atoms with Crippen molar-refractivity contribution < 1.29 is 14.0 Å². The molecule has 150 valence electrons. The lowest BCUT2D eigenvalue weighted by Crippen LogP contribution is -2.46. The number of nitrogens with zero attached hydrogens (tertiary/aromatic N) is 2. The number of imide groups is 1. The number of carbonyl (C=O) groups excluding carboxylic acids is 2. The lowest BCUT2D eigenvalue weighted by molar-refractivity contribution is -0.147. The fourth-order valence-corrected chi connectivity index (χ4v) is 3.41. The van der Waals surface area contributed by atoms with Gasteiger partial charge in [-0.25, -0.2) is 4.39 Å². The number of halogens is 2. The van der Waals surface area contributed by atoms with E-state index < -0.39 is 0 Å². The monoisotopic (exact) mass is 508 g/mol. The first-order valence-corrected chi connectivity index (χ1v) is 9.75. The number of hydrogen-bond donors (Lipinski definition) is 2. The summed E-state index contributed by atoms with van der Waals surface area (Å²) in [6.45, 7) is 1.58. The second-order valence-corrected chi connectivity index (χ2v) is 7.04. The minimum Gasteiger partial charge on any atom is -0.356 e.